The van der Waals surface area contributed by atoms with Crippen LogP contribution in [-0.4, -0.2) is 44.7 Å². The van der Waals surface area contributed by atoms with E-state index in [0.29, 0.717) is 12.0 Å². The van der Waals surface area contributed by atoms with E-state index < -0.39 is 11.6 Å². The van der Waals surface area contributed by atoms with Crippen LogP contribution in [0.1, 0.15) is 5.56 Å². The summed E-state index contributed by atoms with van der Waals surface area (Å²) in [6, 6.07) is 1.50. The maximum Gasteiger partial charge on any atom is 0.191 e. The van der Waals surface area contributed by atoms with Gasteiger partial charge < -0.3 is 15.0 Å². The Kier molecular flexibility index (Phi) is 5.13. The molecule has 1 saturated heterocycles. The van der Waals surface area contributed by atoms with Crippen LogP contribution in [0, 0.1) is 11.6 Å². The van der Waals surface area contributed by atoms with E-state index in [4.69, 9.17) is 4.74 Å². The Morgan fingerprint density at radius 3 is 2.63 bits per heavy atom. The molecule has 0 aromatic heterocycles. The number of piperazine rings is 1. The molecule has 0 spiro atoms. The summed E-state index contributed by atoms with van der Waals surface area (Å²) in [4.78, 5) is 2.26. The molecule has 1 heterocycles. The zero-order valence-corrected chi connectivity index (χ0v) is 12.4. The van der Waals surface area contributed by atoms with E-state index in [1.54, 1.807) is 0 Å². The van der Waals surface area contributed by atoms with Gasteiger partial charge in [0.25, 0.3) is 0 Å². The van der Waals surface area contributed by atoms with E-state index in [2.05, 4.69) is 26.1 Å². The van der Waals surface area contributed by atoms with E-state index in [1.165, 1.54) is 13.2 Å². The minimum absolute atomic E-state index is 0.237. The van der Waals surface area contributed by atoms with Crippen LogP contribution < -0.4 is 10.1 Å². The van der Waals surface area contributed by atoms with Gasteiger partial charge in [0.1, 0.15) is 0 Å². The van der Waals surface area contributed by atoms with Crippen molar-refractivity contribution in [3.63, 3.8) is 0 Å². The minimum atomic E-state index is -0.689. The quantitative estimate of drug-likeness (QED) is 0.854. The predicted molar refractivity (Wildman–Crippen MR) is 73.6 cm³/mol. The van der Waals surface area contributed by atoms with Gasteiger partial charge in [-0.2, -0.15) is 0 Å². The van der Waals surface area contributed by atoms with Crippen LogP contribution >= 0.6 is 15.9 Å². The number of hydrogen-bond donors (Lipinski definition) is 1. The zero-order valence-electron chi connectivity index (χ0n) is 10.8. The first-order valence-electron chi connectivity index (χ1n) is 6.27. The second-order valence-corrected chi connectivity index (χ2v) is 5.37. The Balaban J connectivity index is 2.09. The van der Waals surface area contributed by atoms with Gasteiger partial charge in [-0.15, -0.1) is 0 Å². The molecule has 0 saturated carbocycles. The molecule has 1 fully saturated rings. The zero-order chi connectivity index (χ0) is 13.8. The van der Waals surface area contributed by atoms with Gasteiger partial charge in [-0.3, -0.25) is 0 Å². The summed E-state index contributed by atoms with van der Waals surface area (Å²) >= 11 is 3.09. The topological polar surface area (TPSA) is 24.5 Å². The number of rotatable bonds is 4. The lowest BCUT2D eigenvalue weighted by Crippen LogP contribution is -2.44. The summed E-state index contributed by atoms with van der Waals surface area (Å²) in [6.07, 6.45) is 0.543. The Morgan fingerprint density at radius 1 is 1.32 bits per heavy atom. The van der Waals surface area contributed by atoms with E-state index >= 15 is 0 Å². The number of methoxy groups -OCH3 is 1. The number of halogens is 3. The summed E-state index contributed by atoms with van der Waals surface area (Å²) in [5.74, 6) is -1.60. The van der Waals surface area contributed by atoms with Gasteiger partial charge in [0.05, 0.1) is 11.6 Å². The second-order valence-electron chi connectivity index (χ2n) is 4.52. The maximum absolute atomic E-state index is 14.1. The van der Waals surface area contributed by atoms with E-state index in [9.17, 15) is 8.78 Å². The van der Waals surface area contributed by atoms with Crippen molar-refractivity contribution in [1.29, 1.82) is 0 Å². The fourth-order valence-electron chi connectivity index (χ4n) is 2.20. The normalized spacial score (nSPS) is 16.6. The highest BCUT2D eigenvalue weighted by atomic mass is 79.9. The number of benzene rings is 1. The van der Waals surface area contributed by atoms with Gasteiger partial charge >= 0.3 is 0 Å². The molecule has 2 rings (SSSR count). The van der Waals surface area contributed by atoms with Crippen LogP contribution in [0.25, 0.3) is 0 Å². The standard InChI is InChI=1S/C13H17BrF2N2O/c1-19-13-11(15)9(8-10(14)12(13)16)2-5-18-6-3-17-4-7-18/h8,17H,2-7H2,1H3. The maximum atomic E-state index is 14.1. The first-order valence-corrected chi connectivity index (χ1v) is 7.06. The van der Waals surface area contributed by atoms with Crippen LogP contribution in [0.2, 0.25) is 0 Å². The van der Waals surface area contributed by atoms with Crippen LogP contribution in [0.3, 0.4) is 0 Å². The fourth-order valence-corrected chi connectivity index (χ4v) is 2.66. The van der Waals surface area contributed by atoms with Gasteiger partial charge in [-0.05, 0) is 34.0 Å². The molecule has 0 unspecified atom stereocenters. The van der Waals surface area contributed by atoms with Crippen molar-refractivity contribution < 1.29 is 13.5 Å². The van der Waals surface area contributed by atoms with Crippen LogP contribution in [0.4, 0.5) is 8.78 Å². The molecule has 1 aliphatic heterocycles. The number of hydrogen-bond acceptors (Lipinski definition) is 3. The van der Waals surface area contributed by atoms with Crippen LogP contribution in [0.15, 0.2) is 10.5 Å². The van der Waals surface area contributed by atoms with E-state index in [1.807, 2.05) is 0 Å². The van der Waals surface area contributed by atoms with Crippen molar-refractivity contribution in [2.24, 2.45) is 0 Å². The molecule has 0 amide bonds. The second kappa shape index (κ2) is 6.63. The third kappa shape index (κ3) is 3.43. The van der Waals surface area contributed by atoms with Gasteiger partial charge in [-0.25, -0.2) is 8.78 Å². The molecule has 0 radical (unpaired) electrons. The highest BCUT2D eigenvalue weighted by Crippen LogP contribution is 2.31. The monoisotopic (exact) mass is 334 g/mol. The molecular weight excluding hydrogens is 318 g/mol. The van der Waals surface area contributed by atoms with Gasteiger partial charge in [0, 0.05) is 32.7 Å². The Hall–Kier alpha value is -0.720. The molecule has 19 heavy (non-hydrogen) atoms. The summed E-state index contributed by atoms with van der Waals surface area (Å²) in [5, 5.41) is 3.27. The third-order valence-electron chi connectivity index (χ3n) is 3.30. The lowest BCUT2D eigenvalue weighted by molar-refractivity contribution is 0.242. The number of nitrogens with zero attached hydrogens (tertiary/aromatic N) is 1. The molecule has 1 aromatic rings. The molecular formula is C13H17BrF2N2O. The molecule has 0 atom stereocenters. The van der Waals surface area contributed by atoms with Crippen molar-refractivity contribution in [1.82, 2.24) is 10.2 Å². The van der Waals surface area contributed by atoms with Crippen molar-refractivity contribution in [3.8, 4) is 5.75 Å². The van der Waals surface area contributed by atoms with Crippen molar-refractivity contribution in [3.05, 3.63) is 27.7 Å². The average Bonchev–Trinajstić information content (AvgIpc) is 2.43. The molecule has 0 aliphatic carbocycles. The highest BCUT2D eigenvalue weighted by molar-refractivity contribution is 9.10. The predicted octanol–water partition coefficient (Wildman–Crippen LogP) is 2.18. The van der Waals surface area contributed by atoms with Gasteiger partial charge in [-0.1, -0.05) is 0 Å². The first-order chi connectivity index (χ1) is 9.13. The lowest BCUT2D eigenvalue weighted by Gasteiger charge is -2.27. The highest BCUT2D eigenvalue weighted by Gasteiger charge is 2.19. The average molecular weight is 335 g/mol. The van der Waals surface area contributed by atoms with Gasteiger partial charge in [0.15, 0.2) is 17.4 Å². The summed E-state index contributed by atoms with van der Waals surface area (Å²) in [7, 11) is 1.27. The molecule has 1 aliphatic rings. The first kappa shape index (κ1) is 14.7. The van der Waals surface area contributed by atoms with E-state index in [0.717, 1.165) is 32.7 Å². The number of nitrogens with one attached hydrogen (secondary N) is 1. The summed E-state index contributed by atoms with van der Waals surface area (Å²) < 4.78 is 32.7. The molecule has 1 N–H and O–H groups in total. The molecule has 106 valence electrons. The summed E-state index contributed by atoms with van der Waals surface area (Å²) in [5.41, 5.74) is 0.476. The van der Waals surface area contributed by atoms with Crippen molar-refractivity contribution in [2.75, 3.05) is 39.8 Å². The molecule has 0 bridgehead atoms. The van der Waals surface area contributed by atoms with Crippen molar-refractivity contribution >= 4 is 15.9 Å². The molecule has 3 nitrogen and oxygen atoms in total. The SMILES string of the molecule is COc1c(F)c(Br)cc(CCN2CCNCC2)c1F. The number of ether oxygens (including phenoxy) is 1. The Bertz CT molecular complexity index is 451. The molecule has 6 heteroatoms. The Labute approximate surface area is 120 Å². The van der Waals surface area contributed by atoms with Gasteiger partial charge in [0.2, 0.25) is 0 Å². The van der Waals surface area contributed by atoms with Crippen LogP contribution in [-0.2, 0) is 6.42 Å². The van der Waals surface area contributed by atoms with E-state index in [-0.39, 0.29) is 10.2 Å². The third-order valence-corrected chi connectivity index (χ3v) is 3.88. The lowest BCUT2D eigenvalue weighted by atomic mass is 10.1. The molecule has 1 aromatic carbocycles. The summed E-state index contributed by atoms with van der Waals surface area (Å²) in [6.45, 7) is 4.60. The van der Waals surface area contributed by atoms with Crippen LogP contribution in [0.5, 0.6) is 5.75 Å². The smallest absolute Gasteiger partial charge is 0.191 e. The van der Waals surface area contributed by atoms with Crippen molar-refractivity contribution in [2.45, 2.75) is 6.42 Å². The fraction of sp³-hybridized carbons (Fsp3) is 0.538. The largest absolute Gasteiger partial charge is 0.491 e. The minimum Gasteiger partial charge on any atom is -0.491 e. The Morgan fingerprint density at radius 2 is 2.00 bits per heavy atom.